The number of carbonyl (C=O) groups excluding carboxylic acids is 1. The molecule has 1 amide bonds. The molecule has 4 nitrogen and oxygen atoms in total. The summed E-state index contributed by atoms with van der Waals surface area (Å²) in [7, 11) is 0. The molecular weight excluding hydrogens is 233 g/mol. The summed E-state index contributed by atoms with van der Waals surface area (Å²) in [5.74, 6) is -1.04. The highest BCUT2D eigenvalue weighted by Gasteiger charge is 2.21. The van der Waals surface area contributed by atoms with Crippen molar-refractivity contribution in [2.45, 2.75) is 26.3 Å². The summed E-state index contributed by atoms with van der Waals surface area (Å²) < 4.78 is 13.6. The van der Waals surface area contributed by atoms with E-state index < -0.39 is 11.7 Å². The predicted molar refractivity (Wildman–Crippen MR) is 67.2 cm³/mol. The van der Waals surface area contributed by atoms with Crippen molar-refractivity contribution in [3.63, 3.8) is 0 Å². The van der Waals surface area contributed by atoms with E-state index in [0.717, 1.165) is 0 Å². The van der Waals surface area contributed by atoms with Gasteiger partial charge in [-0.15, -0.1) is 0 Å². The topological polar surface area (TPSA) is 70.1 Å². The molecule has 0 aliphatic heterocycles. The van der Waals surface area contributed by atoms with Gasteiger partial charge in [-0.1, -0.05) is 0 Å². The van der Waals surface area contributed by atoms with Gasteiger partial charge in [0.15, 0.2) is 0 Å². The van der Waals surface area contributed by atoms with Crippen molar-refractivity contribution in [2.75, 3.05) is 12.3 Å². The molecule has 0 heterocycles. The molecule has 5 heteroatoms. The summed E-state index contributed by atoms with van der Waals surface area (Å²) in [6, 6.07) is 5.76. The van der Waals surface area contributed by atoms with E-state index in [9.17, 15) is 9.18 Å². The van der Waals surface area contributed by atoms with Crippen LogP contribution in [0.3, 0.4) is 0 Å². The molecule has 0 saturated carbocycles. The maximum atomic E-state index is 13.6. The minimum Gasteiger partial charge on any atom is -0.399 e. The highest BCUT2D eigenvalue weighted by molar-refractivity contribution is 5.95. The van der Waals surface area contributed by atoms with Gasteiger partial charge in [-0.25, -0.2) is 4.39 Å². The van der Waals surface area contributed by atoms with Gasteiger partial charge in [-0.05, 0) is 32.0 Å². The highest BCUT2D eigenvalue weighted by Crippen LogP contribution is 2.16. The lowest BCUT2D eigenvalue weighted by molar-refractivity contribution is 0.0705. The Hall–Kier alpha value is -2.09. The van der Waals surface area contributed by atoms with E-state index in [1.807, 2.05) is 19.9 Å². The summed E-state index contributed by atoms with van der Waals surface area (Å²) >= 11 is 0. The van der Waals surface area contributed by atoms with Gasteiger partial charge in [-0.3, -0.25) is 4.79 Å². The Morgan fingerprint density at radius 2 is 2.22 bits per heavy atom. The Labute approximate surface area is 106 Å². The van der Waals surface area contributed by atoms with Crippen LogP contribution in [0.25, 0.3) is 0 Å². The molecule has 0 radical (unpaired) electrons. The highest BCUT2D eigenvalue weighted by atomic mass is 19.1. The monoisotopic (exact) mass is 249 g/mol. The van der Waals surface area contributed by atoms with Gasteiger partial charge in [-0.2, -0.15) is 5.26 Å². The molecule has 0 atom stereocenters. The third kappa shape index (κ3) is 3.20. The molecule has 0 saturated heterocycles. The quantitative estimate of drug-likeness (QED) is 0.831. The van der Waals surface area contributed by atoms with E-state index in [2.05, 4.69) is 0 Å². The minimum absolute atomic E-state index is 0.0540. The van der Waals surface area contributed by atoms with Gasteiger partial charge in [0.05, 0.1) is 18.1 Å². The number of nitrogens with two attached hydrogens (primary N) is 1. The molecule has 0 spiro atoms. The zero-order valence-corrected chi connectivity index (χ0v) is 10.5. The lowest BCUT2D eigenvalue weighted by Crippen LogP contribution is -2.38. The van der Waals surface area contributed by atoms with Crippen LogP contribution in [0.5, 0.6) is 0 Å². The number of halogens is 1. The van der Waals surface area contributed by atoms with Crippen LogP contribution in [0.15, 0.2) is 18.2 Å². The molecule has 0 aliphatic rings. The van der Waals surface area contributed by atoms with Gasteiger partial charge in [0, 0.05) is 18.3 Å². The van der Waals surface area contributed by atoms with Crippen molar-refractivity contribution in [1.82, 2.24) is 4.90 Å². The zero-order chi connectivity index (χ0) is 13.7. The van der Waals surface area contributed by atoms with E-state index in [-0.39, 0.29) is 24.6 Å². The summed E-state index contributed by atoms with van der Waals surface area (Å²) in [6.07, 6.45) is 0.216. The number of nitrogen functional groups attached to an aromatic ring is 1. The maximum Gasteiger partial charge on any atom is 0.257 e. The van der Waals surface area contributed by atoms with Crippen LogP contribution in [-0.4, -0.2) is 23.4 Å². The van der Waals surface area contributed by atoms with Gasteiger partial charge in [0.2, 0.25) is 0 Å². The SMILES string of the molecule is CC(C)N(CCC#N)C(=O)c1cc(N)ccc1F. The van der Waals surface area contributed by atoms with Crippen molar-refractivity contribution >= 4 is 11.6 Å². The fourth-order valence-electron chi connectivity index (χ4n) is 1.63. The Kier molecular flexibility index (Phi) is 4.67. The van der Waals surface area contributed by atoms with E-state index in [1.165, 1.54) is 23.1 Å². The van der Waals surface area contributed by atoms with Crippen molar-refractivity contribution in [3.05, 3.63) is 29.6 Å². The molecule has 0 bridgehead atoms. The van der Waals surface area contributed by atoms with Crippen molar-refractivity contribution in [3.8, 4) is 6.07 Å². The molecule has 18 heavy (non-hydrogen) atoms. The fourth-order valence-corrected chi connectivity index (χ4v) is 1.63. The lowest BCUT2D eigenvalue weighted by atomic mass is 10.1. The van der Waals surface area contributed by atoms with Gasteiger partial charge in [0.25, 0.3) is 5.91 Å². The first kappa shape index (κ1) is 14.0. The molecule has 0 fully saturated rings. The minimum atomic E-state index is -0.600. The molecule has 1 aromatic rings. The average molecular weight is 249 g/mol. The first-order chi connectivity index (χ1) is 8.47. The third-order valence-corrected chi connectivity index (χ3v) is 2.57. The van der Waals surface area contributed by atoms with Crippen LogP contribution < -0.4 is 5.73 Å². The first-order valence-electron chi connectivity index (χ1n) is 5.70. The predicted octanol–water partition coefficient (Wildman–Crippen LogP) is 2.17. The Balaban J connectivity index is 3.02. The lowest BCUT2D eigenvalue weighted by Gasteiger charge is -2.26. The summed E-state index contributed by atoms with van der Waals surface area (Å²) in [4.78, 5) is 13.6. The molecule has 0 unspecified atom stereocenters. The zero-order valence-electron chi connectivity index (χ0n) is 10.5. The van der Waals surface area contributed by atoms with Gasteiger partial charge < -0.3 is 10.6 Å². The number of rotatable bonds is 4. The number of carbonyl (C=O) groups is 1. The van der Waals surface area contributed by atoms with Gasteiger partial charge in [0.1, 0.15) is 5.82 Å². The Bertz CT molecular complexity index is 480. The molecule has 1 rings (SSSR count). The molecule has 2 N–H and O–H groups in total. The smallest absolute Gasteiger partial charge is 0.257 e. The second-order valence-corrected chi connectivity index (χ2v) is 4.24. The van der Waals surface area contributed by atoms with Crippen LogP contribution in [0.2, 0.25) is 0 Å². The largest absolute Gasteiger partial charge is 0.399 e. The first-order valence-corrected chi connectivity index (χ1v) is 5.70. The van der Waals surface area contributed by atoms with Gasteiger partial charge >= 0.3 is 0 Å². The summed E-state index contributed by atoms with van der Waals surface area (Å²) in [5, 5.41) is 8.57. The number of hydrogen-bond donors (Lipinski definition) is 1. The second kappa shape index (κ2) is 6.01. The van der Waals surface area contributed by atoms with E-state index in [4.69, 9.17) is 11.0 Å². The number of anilines is 1. The van der Waals surface area contributed by atoms with Crippen molar-refractivity contribution in [2.24, 2.45) is 0 Å². The van der Waals surface area contributed by atoms with Crippen molar-refractivity contribution in [1.29, 1.82) is 5.26 Å². The van der Waals surface area contributed by atoms with Crippen LogP contribution >= 0.6 is 0 Å². The summed E-state index contributed by atoms with van der Waals surface area (Å²) in [6.45, 7) is 3.92. The van der Waals surface area contributed by atoms with E-state index in [1.54, 1.807) is 0 Å². The number of benzene rings is 1. The van der Waals surface area contributed by atoms with Crippen molar-refractivity contribution < 1.29 is 9.18 Å². The van der Waals surface area contributed by atoms with Crippen LogP contribution in [-0.2, 0) is 0 Å². The van der Waals surface area contributed by atoms with Crippen LogP contribution in [0, 0.1) is 17.1 Å². The Morgan fingerprint density at radius 1 is 1.56 bits per heavy atom. The molecule has 0 aromatic heterocycles. The molecule has 96 valence electrons. The fraction of sp³-hybridized carbons (Fsp3) is 0.385. The standard InChI is InChI=1S/C13H16FN3O/c1-9(2)17(7-3-6-15)13(18)11-8-10(16)4-5-12(11)14/h4-5,8-9H,3,7,16H2,1-2H3. The maximum absolute atomic E-state index is 13.6. The number of amides is 1. The average Bonchev–Trinajstić information content (AvgIpc) is 2.32. The molecular formula is C13H16FN3O. The van der Waals surface area contributed by atoms with E-state index in [0.29, 0.717) is 5.69 Å². The number of hydrogen-bond acceptors (Lipinski definition) is 3. The Morgan fingerprint density at radius 3 is 2.78 bits per heavy atom. The molecule has 1 aromatic carbocycles. The number of nitriles is 1. The summed E-state index contributed by atoms with van der Waals surface area (Å²) in [5.41, 5.74) is 5.83. The normalized spacial score (nSPS) is 10.2. The van der Waals surface area contributed by atoms with E-state index >= 15 is 0 Å². The second-order valence-electron chi connectivity index (χ2n) is 4.24. The van der Waals surface area contributed by atoms with Crippen LogP contribution in [0.4, 0.5) is 10.1 Å². The van der Waals surface area contributed by atoms with Crippen LogP contribution in [0.1, 0.15) is 30.6 Å². The number of nitrogens with zero attached hydrogens (tertiary/aromatic N) is 2. The molecule has 0 aliphatic carbocycles. The third-order valence-electron chi connectivity index (χ3n) is 2.57.